The average molecular weight is 825 g/mol. The van der Waals surface area contributed by atoms with Gasteiger partial charge in [0.1, 0.15) is 52.0 Å². The molecule has 14 nitrogen and oxygen atoms in total. The lowest BCUT2D eigenvalue weighted by atomic mass is 9.85. The molecule has 57 heavy (non-hydrogen) atoms. The van der Waals surface area contributed by atoms with Gasteiger partial charge in [-0.2, -0.15) is 0 Å². The van der Waals surface area contributed by atoms with E-state index < -0.39 is 53.0 Å². The van der Waals surface area contributed by atoms with Crippen LogP contribution in [-0.4, -0.2) is 93.4 Å². The van der Waals surface area contributed by atoms with Gasteiger partial charge in [-0.05, 0) is 81.3 Å². The van der Waals surface area contributed by atoms with Crippen LogP contribution >= 0.6 is 22.9 Å². The Kier molecular flexibility index (Phi) is 11.3. The SMILES string of the molecule is CCC1C[C@]1(NC(=O)[C@@H]1CC(Oc2cc(-c3csc(NC(C)C)n3)nc3c(Cl)c(OC)ccc23)CN1C(=O)C(NC(=O)OC1CC2CCC1C2)C(C)(C)C)C(=O)O. The van der Waals surface area contributed by atoms with Crippen LogP contribution in [0.2, 0.25) is 5.02 Å². The predicted octanol–water partition coefficient (Wildman–Crippen LogP) is 6.89. The van der Waals surface area contributed by atoms with E-state index in [1.54, 1.807) is 18.2 Å². The number of anilines is 1. The van der Waals surface area contributed by atoms with Gasteiger partial charge in [0.25, 0.3) is 0 Å². The van der Waals surface area contributed by atoms with Crippen molar-refractivity contribution in [2.45, 2.75) is 122 Å². The zero-order valence-electron chi connectivity index (χ0n) is 33.5. The van der Waals surface area contributed by atoms with Crippen molar-refractivity contribution < 1.29 is 38.5 Å². The Morgan fingerprint density at radius 1 is 1.09 bits per heavy atom. The lowest BCUT2D eigenvalue weighted by molar-refractivity contribution is -0.146. The summed E-state index contributed by atoms with van der Waals surface area (Å²) in [5, 5.41) is 22.6. The molecule has 1 aromatic carbocycles. The van der Waals surface area contributed by atoms with Crippen molar-refractivity contribution in [1.29, 1.82) is 0 Å². The topological polar surface area (TPSA) is 181 Å². The summed E-state index contributed by atoms with van der Waals surface area (Å²) in [7, 11) is 1.52. The van der Waals surface area contributed by atoms with Crippen LogP contribution in [0.4, 0.5) is 9.93 Å². The number of aliphatic carboxylic acids is 1. The molecule has 3 aliphatic carbocycles. The van der Waals surface area contributed by atoms with Crippen molar-refractivity contribution in [3.63, 3.8) is 0 Å². The lowest BCUT2D eigenvalue weighted by Crippen LogP contribution is -2.59. The third-order valence-corrected chi connectivity index (χ3v) is 13.2. The number of nitrogens with zero attached hydrogens (tertiary/aromatic N) is 3. The molecular formula is C41H53ClN6O8S. The van der Waals surface area contributed by atoms with Gasteiger partial charge in [0.15, 0.2) is 5.13 Å². The fraction of sp³-hybridized carbons (Fsp3) is 0.610. The van der Waals surface area contributed by atoms with E-state index in [4.69, 9.17) is 35.8 Å². The van der Waals surface area contributed by atoms with Crippen molar-refractivity contribution in [1.82, 2.24) is 25.5 Å². The van der Waals surface area contributed by atoms with Crippen molar-refractivity contribution in [2.75, 3.05) is 19.0 Å². The number of ether oxygens (including phenoxy) is 3. The number of carboxylic acid groups (broad SMARTS) is 1. The highest BCUT2D eigenvalue weighted by Crippen LogP contribution is 2.47. The molecule has 0 radical (unpaired) electrons. The number of benzene rings is 1. The summed E-state index contributed by atoms with van der Waals surface area (Å²) >= 11 is 8.27. The van der Waals surface area contributed by atoms with Crippen molar-refractivity contribution in [3.8, 4) is 22.9 Å². The number of rotatable bonds is 13. The van der Waals surface area contributed by atoms with Crippen LogP contribution < -0.4 is 25.4 Å². The molecule has 3 aromatic rings. The second kappa shape index (κ2) is 15.8. The molecule has 3 saturated carbocycles. The van der Waals surface area contributed by atoms with Crippen LogP contribution in [0, 0.1) is 23.2 Å². The first-order valence-electron chi connectivity index (χ1n) is 19.9. The molecule has 16 heteroatoms. The van der Waals surface area contributed by atoms with Gasteiger partial charge >= 0.3 is 12.1 Å². The van der Waals surface area contributed by atoms with Gasteiger partial charge in [0.2, 0.25) is 11.8 Å². The van der Waals surface area contributed by atoms with Gasteiger partial charge in [0, 0.05) is 29.3 Å². The Bertz CT molecular complexity index is 2050. The van der Waals surface area contributed by atoms with Crippen molar-refractivity contribution in [3.05, 3.63) is 28.6 Å². The minimum atomic E-state index is -1.41. The summed E-state index contributed by atoms with van der Waals surface area (Å²) in [4.78, 5) is 65.8. The van der Waals surface area contributed by atoms with Crippen LogP contribution in [0.5, 0.6) is 11.5 Å². The molecule has 3 amide bonds. The Balaban J connectivity index is 1.20. The molecular weight excluding hydrogens is 772 g/mol. The minimum Gasteiger partial charge on any atom is -0.495 e. The van der Waals surface area contributed by atoms with E-state index in [2.05, 4.69) is 16.0 Å². The number of thiazole rings is 1. The molecule has 3 heterocycles. The van der Waals surface area contributed by atoms with E-state index in [-0.39, 0.29) is 36.1 Å². The van der Waals surface area contributed by atoms with Crippen LogP contribution in [0.3, 0.4) is 0 Å². The number of nitrogens with one attached hydrogen (secondary N) is 3. The highest BCUT2D eigenvalue weighted by Gasteiger charge is 2.61. The van der Waals surface area contributed by atoms with Crippen LogP contribution in [0.25, 0.3) is 22.3 Å². The number of hydrogen-bond acceptors (Lipinski definition) is 11. The number of carbonyl (C=O) groups is 4. The number of carboxylic acids is 1. The van der Waals surface area contributed by atoms with Gasteiger partial charge < -0.3 is 40.2 Å². The van der Waals surface area contributed by atoms with E-state index >= 15 is 0 Å². The van der Waals surface area contributed by atoms with E-state index in [1.807, 2.05) is 46.9 Å². The monoisotopic (exact) mass is 824 g/mol. The lowest BCUT2D eigenvalue weighted by Gasteiger charge is -2.35. The zero-order chi connectivity index (χ0) is 41.0. The standard InChI is InChI=1S/C41H53ClN6O8S/c1-8-23-17-41(23,37(51)52)47-35(49)28-15-24(18-48(28)36(50)34(40(4,5)6)46-39(53)56-30-14-21-9-10-22(30)13-21)55-31-16-26(27-19-57-38(45-27)43-20(2)3)44-33-25(31)11-12-29(54-7)32(33)42/h11-12,16,19-24,28,30,34H,8-10,13-15,17-18H2,1-7H3,(H,43,45)(H,46,53)(H,47,49)(H,51,52)/t21?,22?,23?,24?,28-,30?,34?,41+/m0/s1. The van der Waals surface area contributed by atoms with Gasteiger partial charge in [-0.3, -0.25) is 9.59 Å². The van der Waals surface area contributed by atoms with Gasteiger partial charge in [-0.1, -0.05) is 45.7 Å². The van der Waals surface area contributed by atoms with Crippen molar-refractivity contribution >= 4 is 62.8 Å². The number of methoxy groups -OCH3 is 1. The highest BCUT2D eigenvalue weighted by molar-refractivity contribution is 7.14. The van der Waals surface area contributed by atoms with Crippen LogP contribution in [0.1, 0.15) is 86.5 Å². The van der Waals surface area contributed by atoms with Crippen LogP contribution in [-0.2, 0) is 19.1 Å². The molecule has 4 fully saturated rings. The third-order valence-electron chi connectivity index (χ3n) is 12.0. The number of carbonyl (C=O) groups excluding carboxylic acids is 3. The summed E-state index contributed by atoms with van der Waals surface area (Å²) in [6, 6.07) is 3.28. The second-order valence-electron chi connectivity index (χ2n) is 17.4. The molecule has 308 valence electrons. The molecule has 4 N–H and O–H groups in total. The Morgan fingerprint density at radius 3 is 2.47 bits per heavy atom. The first-order chi connectivity index (χ1) is 27.0. The number of amides is 3. The first kappa shape index (κ1) is 40.8. The molecule has 4 aliphatic rings. The molecule has 0 spiro atoms. The maximum Gasteiger partial charge on any atom is 0.408 e. The van der Waals surface area contributed by atoms with Crippen molar-refractivity contribution in [2.24, 2.45) is 23.2 Å². The number of aromatic nitrogens is 2. The van der Waals surface area contributed by atoms with E-state index in [9.17, 15) is 24.3 Å². The predicted molar refractivity (Wildman–Crippen MR) is 217 cm³/mol. The summed E-state index contributed by atoms with van der Waals surface area (Å²) in [6.07, 6.45) is 3.41. The van der Waals surface area contributed by atoms with Gasteiger partial charge in [0.05, 0.1) is 24.9 Å². The largest absolute Gasteiger partial charge is 0.495 e. The molecule has 1 saturated heterocycles. The number of hydrogen-bond donors (Lipinski definition) is 4. The molecule has 8 atom stereocenters. The summed E-state index contributed by atoms with van der Waals surface area (Å²) in [6.45, 7) is 11.4. The summed E-state index contributed by atoms with van der Waals surface area (Å²) < 4.78 is 18.1. The number of pyridine rings is 1. The highest BCUT2D eigenvalue weighted by atomic mass is 35.5. The molecule has 2 aromatic heterocycles. The third kappa shape index (κ3) is 8.19. The van der Waals surface area contributed by atoms with Gasteiger partial charge in [-0.25, -0.2) is 19.6 Å². The maximum atomic E-state index is 14.7. The normalized spacial score (nSPS) is 27.0. The maximum absolute atomic E-state index is 14.7. The molecule has 2 bridgehead atoms. The van der Waals surface area contributed by atoms with E-state index in [1.165, 1.54) is 23.3 Å². The second-order valence-corrected chi connectivity index (χ2v) is 18.7. The van der Waals surface area contributed by atoms with E-state index in [0.29, 0.717) is 58.5 Å². The van der Waals surface area contributed by atoms with E-state index in [0.717, 1.165) is 30.8 Å². The fourth-order valence-corrected chi connectivity index (χ4v) is 10.0. The Hall–Kier alpha value is -4.37. The number of halogens is 1. The summed E-state index contributed by atoms with van der Waals surface area (Å²) in [5.74, 6) is -0.703. The number of likely N-dealkylation sites (tertiary alicyclic amines) is 1. The Morgan fingerprint density at radius 2 is 1.86 bits per heavy atom. The minimum absolute atomic E-state index is 0.0217. The molecule has 1 aliphatic heterocycles. The number of alkyl carbamates (subject to hydrolysis) is 1. The average Bonchev–Trinajstić information content (AvgIpc) is 3.67. The van der Waals surface area contributed by atoms with Crippen LogP contribution in [0.15, 0.2) is 23.6 Å². The summed E-state index contributed by atoms with van der Waals surface area (Å²) in [5.41, 5.74) is -0.674. The number of fused-ring (bicyclic) bond motifs is 3. The fourth-order valence-electron chi connectivity index (χ4n) is 8.88. The molecule has 7 rings (SSSR count). The smallest absolute Gasteiger partial charge is 0.408 e. The first-order valence-corrected chi connectivity index (χ1v) is 21.2. The van der Waals surface area contributed by atoms with Gasteiger partial charge in [-0.15, -0.1) is 11.3 Å². The quantitative estimate of drug-likeness (QED) is 0.141. The Labute approximate surface area is 341 Å². The molecule has 6 unspecified atom stereocenters. The zero-order valence-corrected chi connectivity index (χ0v) is 35.1.